The summed E-state index contributed by atoms with van der Waals surface area (Å²) in [5.74, 6) is 0.0765. The van der Waals surface area contributed by atoms with E-state index in [4.69, 9.17) is 14.2 Å². The van der Waals surface area contributed by atoms with Crippen molar-refractivity contribution in [2.45, 2.75) is 50.0 Å². The number of amides is 2. The lowest BCUT2D eigenvalue weighted by Gasteiger charge is -2.36. The first kappa shape index (κ1) is 33.0. The average Bonchev–Trinajstić information content (AvgIpc) is 3.09. The van der Waals surface area contributed by atoms with Gasteiger partial charge in [0.05, 0.1) is 25.4 Å². The number of pyridine rings is 1. The Morgan fingerprint density at radius 3 is 2.48 bits per heavy atom. The fraction of sp³-hybridized carbons (Fsp3) is 0.286. The molecule has 4 aromatic rings. The third-order valence-corrected chi connectivity index (χ3v) is 8.54. The second-order valence-corrected chi connectivity index (χ2v) is 11.7. The number of thioether (sulfide) groups is 1. The van der Waals surface area contributed by atoms with Gasteiger partial charge in [0.25, 0.3) is 5.03 Å². The fourth-order valence-corrected chi connectivity index (χ4v) is 5.99. The molecule has 0 saturated carbocycles. The van der Waals surface area contributed by atoms with Crippen LogP contribution < -0.4 is 15.4 Å². The van der Waals surface area contributed by atoms with Crippen molar-refractivity contribution in [1.82, 2.24) is 10.6 Å². The number of esters is 1. The van der Waals surface area contributed by atoms with Crippen LogP contribution in [-0.2, 0) is 32.2 Å². The molecule has 3 atom stereocenters. The van der Waals surface area contributed by atoms with Crippen molar-refractivity contribution in [3.8, 4) is 11.1 Å². The molecular formula is C35H37N3O7S. The van der Waals surface area contributed by atoms with Crippen LogP contribution in [0.5, 0.6) is 0 Å². The molecule has 1 fully saturated rings. The van der Waals surface area contributed by atoms with E-state index >= 15 is 0 Å². The van der Waals surface area contributed by atoms with Gasteiger partial charge in [-0.25, -0.2) is 4.79 Å². The van der Waals surface area contributed by atoms with Crippen molar-refractivity contribution in [3.63, 3.8) is 0 Å². The van der Waals surface area contributed by atoms with Crippen LogP contribution in [0.4, 0.5) is 4.79 Å². The maximum Gasteiger partial charge on any atom is 0.325 e. The van der Waals surface area contributed by atoms with Crippen molar-refractivity contribution in [2.24, 2.45) is 0 Å². The second kappa shape index (κ2) is 16.2. The smallest absolute Gasteiger partial charge is 0.325 e. The highest BCUT2D eigenvalue weighted by Gasteiger charge is 2.33. The molecule has 11 heteroatoms. The Kier molecular flexibility index (Phi) is 11.6. The first-order valence-electron chi connectivity index (χ1n) is 15.1. The number of aliphatic hydroxyl groups excluding tert-OH is 1. The number of urea groups is 1. The van der Waals surface area contributed by atoms with E-state index in [0.29, 0.717) is 17.2 Å². The molecule has 0 unspecified atom stereocenters. The Bertz CT molecular complexity index is 1620. The minimum absolute atomic E-state index is 0.0319. The molecule has 3 aromatic carbocycles. The van der Waals surface area contributed by atoms with Crippen molar-refractivity contribution in [2.75, 3.05) is 18.9 Å². The zero-order chi connectivity index (χ0) is 32.3. The van der Waals surface area contributed by atoms with Gasteiger partial charge >= 0.3 is 12.0 Å². The lowest BCUT2D eigenvalue weighted by atomic mass is 9.99. The molecule has 2 heterocycles. The van der Waals surface area contributed by atoms with Crippen molar-refractivity contribution in [3.05, 3.63) is 125 Å². The molecule has 1 aliphatic rings. The first-order chi connectivity index (χ1) is 22.4. The predicted octanol–water partition coefficient (Wildman–Crippen LogP) is 5.18. The summed E-state index contributed by atoms with van der Waals surface area (Å²) in [6, 6.07) is 28.4. The molecule has 0 aliphatic carbocycles. The molecule has 1 aromatic heterocycles. The van der Waals surface area contributed by atoms with Gasteiger partial charge in [0, 0.05) is 36.4 Å². The van der Waals surface area contributed by atoms with Crippen molar-refractivity contribution < 1.29 is 33.6 Å². The number of aliphatic hydroxyl groups is 1. The predicted molar refractivity (Wildman–Crippen MR) is 173 cm³/mol. The number of benzene rings is 3. The Morgan fingerprint density at radius 2 is 1.72 bits per heavy atom. The van der Waals surface area contributed by atoms with Crippen LogP contribution in [0.3, 0.4) is 0 Å². The highest BCUT2D eigenvalue weighted by molar-refractivity contribution is 7.99. The number of rotatable bonds is 12. The topological polar surface area (TPSA) is 133 Å². The van der Waals surface area contributed by atoms with E-state index in [1.807, 2.05) is 78.9 Å². The van der Waals surface area contributed by atoms with Crippen LogP contribution in [0.15, 0.2) is 102 Å². The summed E-state index contributed by atoms with van der Waals surface area (Å²) >= 11 is 1.45. The maximum absolute atomic E-state index is 12.2. The van der Waals surface area contributed by atoms with Crippen molar-refractivity contribution in [1.29, 1.82) is 0 Å². The van der Waals surface area contributed by atoms with Gasteiger partial charge in [-0.05, 0) is 52.9 Å². The van der Waals surface area contributed by atoms with Crippen LogP contribution in [0.1, 0.15) is 48.0 Å². The summed E-state index contributed by atoms with van der Waals surface area (Å²) in [5, 5.41) is 27.6. The number of carbonyl (C=O) groups excluding carboxylic acids is 2. The number of hydrogen-bond acceptors (Lipinski definition) is 8. The standard InChI is InChI=1S/C35H37N3O7S/c1-2-43-33(40)21-37-35(41)36-20-25-7-5-8-27(17-25)28-9-6-10-29(18-28)34-44-30(23-46-32-11-3-4-16-38(32)42)19-31(45-34)26-14-12-24(22-39)13-15-26/h3-18,30-31,34,39H,2,19-23H2,1H3,(H2,36,37,41)/t30-,31+,34+/m1/s1. The van der Waals surface area contributed by atoms with Crippen LogP contribution in [0, 0.1) is 5.21 Å². The average molecular weight is 644 g/mol. The largest absolute Gasteiger partial charge is 0.618 e. The summed E-state index contributed by atoms with van der Waals surface area (Å²) in [5.41, 5.74) is 5.46. The van der Waals surface area contributed by atoms with Crippen LogP contribution in [-0.4, -0.2) is 42.1 Å². The van der Waals surface area contributed by atoms with E-state index in [0.717, 1.165) is 38.1 Å². The van der Waals surface area contributed by atoms with Gasteiger partial charge in [0.15, 0.2) is 12.5 Å². The van der Waals surface area contributed by atoms with Crippen molar-refractivity contribution >= 4 is 23.8 Å². The van der Waals surface area contributed by atoms with E-state index in [-0.39, 0.29) is 38.5 Å². The molecule has 0 spiro atoms. The first-order valence-corrected chi connectivity index (χ1v) is 16.1. The molecule has 3 N–H and O–H groups in total. The molecule has 10 nitrogen and oxygen atoms in total. The number of nitrogens with zero attached hydrogens (tertiary/aromatic N) is 1. The summed E-state index contributed by atoms with van der Waals surface area (Å²) in [6.45, 7) is 2.01. The van der Waals surface area contributed by atoms with Gasteiger partial charge in [-0.15, -0.1) is 0 Å². The summed E-state index contributed by atoms with van der Waals surface area (Å²) in [7, 11) is 0. The molecule has 240 valence electrons. The van der Waals surface area contributed by atoms with E-state index < -0.39 is 18.3 Å². The normalized spacial score (nSPS) is 17.7. The second-order valence-electron chi connectivity index (χ2n) is 10.7. The Labute approximate surface area is 272 Å². The van der Waals surface area contributed by atoms with E-state index in [1.165, 1.54) is 18.0 Å². The van der Waals surface area contributed by atoms with E-state index in [9.17, 15) is 19.9 Å². The maximum atomic E-state index is 12.2. The molecule has 0 bridgehead atoms. The van der Waals surface area contributed by atoms with Gasteiger partial charge in [-0.1, -0.05) is 72.4 Å². The number of carbonyl (C=O) groups is 2. The molecule has 5 rings (SSSR count). The zero-order valence-corrected chi connectivity index (χ0v) is 26.3. The highest BCUT2D eigenvalue weighted by Crippen LogP contribution is 2.40. The van der Waals surface area contributed by atoms with Gasteiger partial charge in [0.2, 0.25) is 0 Å². The van der Waals surface area contributed by atoms with Crippen LogP contribution >= 0.6 is 11.8 Å². The van der Waals surface area contributed by atoms with Gasteiger partial charge in [0.1, 0.15) is 6.54 Å². The number of nitrogens with one attached hydrogen (secondary N) is 2. The lowest BCUT2D eigenvalue weighted by Crippen LogP contribution is -2.38. The third kappa shape index (κ3) is 9.07. The van der Waals surface area contributed by atoms with Crippen LogP contribution in [0.25, 0.3) is 11.1 Å². The molecule has 1 saturated heterocycles. The fourth-order valence-electron chi connectivity index (χ4n) is 5.06. The SMILES string of the molecule is CCOC(=O)CNC(=O)NCc1cccc(-c2cccc([C@H]3O[C@@H](CSc4cccc[n+]4[O-])C[C@@H](c4ccc(CO)cc4)O3)c2)c1. The minimum Gasteiger partial charge on any atom is -0.618 e. The molecular weight excluding hydrogens is 606 g/mol. The van der Waals surface area contributed by atoms with Gasteiger partial charge < -0.3 is 35.2 Å². The minimum atomic E-state index is -0.648. The number of aromatic nitrogens is 1. The zero-order valence-electron chi connectivity index (χ0n) is 25.5. The van der Waals surface area contributed by atoms with Crippen LogP contribution in [0.2, 0.25) is 0 Å². The molecule has 46 heavy (non-hydrogen) atoms. The van der Waals surface area contributed by atoms with Gasteiger partial charge in [-0.3, -0.25) is 4.79 Å². The molecule has 0 radical (unpaired) electrons. The van der Waals surface area contributed by atoms with E-state index in [1.54, 1.807) is 19.1 Å². The summed E-state index contributed by atoms with van der Waals surface area (Å²) < 4.78 is 18.7. The number of hydrogen-bond donors (Lipinski definition) is 3. The molecule has 2 amide bonds. The lowest BCUT2D eigenvalue weighted by molar-refractivity contribution is -0.645. The van der Waals surface area contributed by atoms with Gasteiger partial charge in [-0.2, -0.15) is 4.73 Å². The monoisotopic (exact) mass is 643 g/mol. The highest BCUT2D eigenvalue weighted by atomic mass is 32.2. The van der Waals surface area contributed by atoms with E-state index in [2.05, 4.69) is 10.6 Å². The Morgan fingerprint density at radius 1 is 0.935 bits per heavy atom. The quantitative estimate of drug-likeness (QED) is 0.0833. The molecule has 1 aliphatic heterocycles. The summed E-state index contributed by atoms with van der Waals surface area (Å²) in [4.78, 5) is 23.6. The number of ether oxygens (including phenoxy) is 3. The summed E-state index contributed by atoms with van der Waals surface area (Å²) in [6.07, 6.45) is 0.999. The third-order valence-electron chi connectivity index (χ3n) is 7.39. The Balaban J connectivity index is 1.30. The Hall–Kier alpha value is -4.42.